The van der Waals surface area contributed by atoms with E-state index in [1.165, 1.54) is 28.8 Å². The van der Waals surface area contributed by atoms with Crippen LogP contribution in [0.3, 0.4) is 0 Å². The van der Waals surface area contributed by atoms with Gasteiger partial charge in [0.1, 0.15) is 11.5 Å². The average molecular weight is 520 g/mol. The molecule has 0 saturated carbocycles. The van der Waals surface area contributed by atoms with Crippen molar-refractivity contribution in [3.63, 3.8) is 0 Å². The first kappa shape index (κ1) is 23.5. The quantitative estimate of drug-likeness (QED) is 0.370. The minimum absolute atomic E-state index is 0.0208. The molecular weight excluding hydrogens is 494 g/mol. The number of nitrogens with one attached hydrogen (secondary N) is 2. The van der Waals surface area contributed by atoms with E-state index in [4.69, 9.17) is 4.42 Å². The predicted molar refractivity (Wildman–Crippen MR) is 137 cm³/mol. The van der Waals surface area contributed by atoms with Crippen molar-refractivity contribution in [3.05, 3.63) is 68.2 Å². The molecule has 12 heteroatoms. The highest BCUT2D eigenvalue weighted by atomic mass is 32.2. The van der Waals surface area contributed by atoms with Gasteiger partial charge in [0.25, 0.3) is 11.1 Å². The molecule has 0 aromatic carbocycles. The van der Waals surface area contributed by atoms with Crippen LogP contribution in [0.5, 0.6) is 0 Å². The average Bonchev–Trinajstić information content (AvgIpc) is 3.66. The second-order valence-electron chi connectivity index (χ2n) is 9.52. The lowest BCUT2D eigenvalue weighted by atomic mass is 10.1. The van der Waals surface area contributed by atoms with Crippen LogP contribution in [0.4, 0.5) is 5.82 Å². The molecule has 1 atom stereocenters. The molecular formula is C25H25N7O4S. The molecule has 2 aliphatic rings. The first-order valence-electron chi connectivity index (χ1n) is 12.2. The van der Waals surface area contributed by atoms with Gasteiger partial charge in [-0.15, -0.1) is 0 Å². The molecule has 2 N–H and O–H groups in total. The summed E-state index contributed by atoms with van der Waals surface area (Å²) in [5, 5.41) is 8.13. The zero-order valence-corrected chi connectivity index (χ0v) is 21.2. The summed E-state index contributed by atoms with van der Waals surface area (Å²) >= 11 is 1.50. The van der Waals surface area contributed by atoms with Crippen LogP contribution in [0.15, 0.2) is 49.7 Å². The number of anilines is 1. The topological polar surface area (TPSA) is 141 Å². The molecule has 0 fully saturated rings. The summed E-state index contributed by atoms with van der Waals surface area (Å²) in [4.78, 5) is 50.6. The van der Waals surface area contributed by atoms with Crippen molar-refractivity contribution >= 4 is 23.5 Å². The third-order valence-electron chi connectivity index (χ3n) is 6.58. The number of hydrogen-bond acceptors (Lipinski definition) is 8. The van der Waals surface area contributed by atoms with Crippen LogP contribution >= 0.6 is 11.8 Å². The molecule has 1 aliphatic carbocycles. The third kappa shape index (κ3) is 4.31. The highest BCUT2D eigenvalue weighted by Gasteiger charge is 2.31. The monoisotopic (exact) mass is 519 g/mol. The van der Waals surface area contributed by atoms with Crippen LogP contribution < -0.4 is 16.4 Å². The maximum atomic E-state index is 13.2. The van der Waals surface area contributed by atoms with Crippen molar-refractivity contribution in [1.29, 1.82) is 0 Å². The molecule has 0 radical (unpaired) electrons. The first-order valence-corrected chi connectivity index (χ1v) is 13.2. The Morgan fingerprint density at radius 2 is 2.14 bits per heavy atom. The van der Waals surface area contributed by atoms with Crippen molar-refractivity contribution in [2.24, 2.45) is 0 Å². The lowest BCUT2D eigenvalue weighted by molar-refractivity contribution is -0.116. The summed E-state index contributed by atoms with van der Waals surface area (Å²) in [5.41, 5.74) is 2.39. The second kappa shape index (κ2) is 9.18. The molecule has 0 bridgehead atoms. The van der Waals surface area contributed by atoms with Crippen LogP contribution in [0.1, 0.15) is 55.6 Å². The largest absolute Gasteiger partial charge is 0.463 e. The lowest BCUT2D eigenvalue weighted by Crippen LogP contribution is -2.30. The van der Waals surface area contributed by atoms with E-state index in [0.29, 0.717) is 33.9 Å². The van der Waals surface area contributed by atoms with Crippen molar-refractivity contribution in [2.45, 2.75) is 56.6 Å². The highest BCUT2D eigenvalue weighted by Crippen LogP contribution is 2.34. The number of carbonyl (C=O) groups is 1. The third-order valence-corrected chi connectivity index (χ3v) is 7.68. The minimum atomic E-state index is -0.319. The number of aromatic amines is 1. The molecule has 6 rings (SSSR count). The zero-order valence-electron chi connectivity index (χ0n) is 20.4. The van der Waals surface area contributed by atoms with E-state index in [0.717, 1.165) is 30.5 Å². The molecule has 1 aliphatic heterocycles. The molecule has 11 nitrogen and oxygen atoms in total. The number of fused-ring (bicyclic) bond motifs is 2. The van der Waals surface area contributed by atoms with Gasteiger partial charge in [-0.2, -0.15) is 9.78 Å². The van der Waals surface area contributed by atoms with E-state index < -0.39 is 0 Å². The molecule has 0 saturated heterocycles. The number of rotatable bonds is 6. The van der Waals surface area contributed by atoms with Crippen LogP contribution in [0.25, 0.3) is 17.4 Å². The van der Waals surface area contributed by atoms with Crippen molar-refractivity contribution < 1.29 is 9.21 Å². The number of carbonyl (C=O) groups excluding carboxylic acids is 1. The number of aromatic nitrogens is 6. The Kier molecular flexibility index (Phi) is 5.82. The predicted octanol–water partition coefficient (Wildman–Crippen LogP) is 3.06. The van der Waals surface area contributed by atoms with Gasteiger partial charge in [-0.3, -0.25) is 23.9 Å². The Labute approximate surface area is 215 Å². The summed E-state index contributed by atoms with van der Waals surface area (Å²) < 4.78 is 8.54. The lowest BCUT2D eigenvalue weighted by Gasteiger charge is -2.15. The number of furan rings is 1. The van der Waals surface area contributed by atoms with E-state index in [-0.39, 0.29) is 41.4 Å². The molecule has 4 aromatic rings. The van der Waals surface area contributed by atoms with Crippen molar-refractivity contribution in [1.82, 2.24) is 29.3 Å². The fourth-order valence-corrected chi connectivity index (χ4v) is 5.90. The summed E-state index contributed by atoms with van der Waals surface area (Å²) in [6.07, 6.45) is 4.13. The number of H-pyrrole nitrogens is 1. The smallest absolute Gasteiger partial charge is 0.257 e. The highest BCUT2D eigenvalue weighted by molar-refractivity contribution is 7.99. The van der Waals surface area contributed by atoms with Gasteiger partial charge in [0, 0.05) is 29.9 Å². The van der Waals surface area contributed by atoms with Crippen LogP contribution in [-0.4, -0.2) is 41.0 Å². The molecule has 37 heavy (non-hydrogen) atoms. The number of aryl methyl sites for hydroxylation is 1. The van der Waals surface area contributed by atoms with Gasteiger partial charge >= 0.3 is 0 Å². The minimum Gasteiger partial charge on any atom is -0.463 e. The van der Waals surface area contributed by atoms with Crippen LogP contribution in [-0.2, 0) is 17.6 Å². The Bertz CT molecular complexity index is 1620. The summed E-state index contributed by atoms with van der Waals surface area (Å²) in [6.45, 7) is 3.88. The number of thioether (sulfide) groups is 1. The molecule has 1 unspecified atom stereocenters. The maximum Gasteiger partial charge on any atom is 0.257 e. The SMILES string of the molecule is CC(C)c1cc(=O)[nH]c(-n2nc(-c3ccco3)cc2NC(=O)CC2CSc3nc4c(c(=O)n32)CCC4)n1. The Balaban J connectivity index is 1.32. The summed E-state index contributed by atoms with van der Waals surface area (Å²) in [7, 11) is 0. The molecule has 5 heterocycles. The van der Waals surface area contributed by atoms with Crippen LogP contribution in [0, 0.1) is 0 Å². The van der Waals surface area contributed by atoms with E-state index in [1.54, 1.807) is 22.8 Å². The fourth-order valence-electron chi connectivity index (χ4n) is 4.75. The molecule has 4 aromatic heterocycles. The van der Waals surface area contributed by atoms with Gasteiger partial charge in [0.15, 0.2) is 10.9 Å². The number of hydrogen-bond donors (Lipinski definition) is 2. The summed E-state index contributed by atoms with van der Waals surface area (Å²) in [6, 6.07) is 6.31. The van der Waals surface area contributed by atoms with Gasteiger partial charge in [0.2, 0.25) is 11.9 Å². The van der Waals surface area contributed by atoms with Gasteiger partial charge < -0.3 is 9.73 Å². The molecule has 0 spiro atoms. The number of amides is 1. The fraction of sp³-hybridized carbons (Fsp3) is 0.360. The molecule has 1 amide bonds. The van der Waals surface area contributed by atoms with Crippen molar-refractivity contribution in [2.75, 3.05) is 11.1 Å². The van der Waals surface area contributed by atoms with Gasteiger partial charge in [-0.25, -0.2) is 9.97 Å². The Morgan fingerprint density at radius 1 is 1.27 bits per heavy atom. The Morgan fingerprint density at radius 3 is 2.92 bits per heavy atom. The standard InChI is InChI=1S/C25H25N7O4S/c1-13(2)17-11-22(34)29-24(26-17)32-20(10-18(30-32)19-7-4-8-36-19)28-21(33)9-14-12-37-25-27-16-6-3-5-15(16)23(35)31(14)25/h4,7-8,10-11,13-14H,3,5-6,9,12H2,1-2H3,(H,28,33)(H,26,29,34). The summed E-state index contributed by atoms with van der Waals surface area (Å²) in [5.74, 6) is 1.34. The van der Waals surface area contributed by atoms with E-state index in [2.05, 4.69) is 25.4 Å². The molecule has 190 valence electrons. The van der Waals surface area contributed by atoms with E-state index in [1.807, 2.05) is 13.8 Å². The maximum absolute atomic E-state index is 13.2. The Hall–Kier alpha value is -3.93. The van der Waals surface area contributed by atoms with E-state index in [9.17, 15) is 14.4 Å². The van der Waals surface area contributed by atoms with E-state index >= 15 is 0 Å². The van der Waals surface area contributed by atoms with Crippen LogP contribution in [0.2, 0.25) is 0 Å². The normalized spacial score (nSPS) is 16.2. The van der Waals surface area contributed by atoms with Gasteiger partial charge in [-0.05, 0) is 37.3 Å². The zero-order chi connectivity index (χ0) is 25.7. The first-order chi connectivity index (χ1) is 17.9. The van der Waals surface area contributed by atoms with Gasteiger partial charge in [-0.1, -0.05) is 25.6 Å². The van der Waals surface area contributed by atoms with Gasteiger partial charge in [0.05, 0.1) is 23.7 Å². The second-order valence-corrected chi connectivity index (χ2v) is 10.5. The number of nitrogens with zero attached hydrogens (tertiary/aromatic N) is 5. The van der Waals surface area contributed by atoms with Crippen molar-refractivity contribution in [3.8, 4) is 17.4 Å².